The highest BCUT2D eigenvalue weighted by atomic mass is 16.3. The average molecular weight is 731 g/mol. The first-order valence-corrected chi connectivity index (χ1v) is 19.5. The summed E-state index contributed by atoms with van der Waals surface area (Å²) in [5.41, 5.74) is 12.7. The number of fused-ring (bicyclic) bond motifs is 13. The van der Waals surface area contributed by atoms with Crippen LogP contribution in [0.15, 0.2) is 174 Å². The fourth-order valence-electron chi connectivity index (χ4n) is 9.59. The molecule has 5 heteroatoms. The summed E-state index contributed by atoms with van der Waals surface area (Å²) in [7, 11) is 0. The maximum absolute atomic E-state index is 6.67. The van der Waals surface area contributed by atoms with Gasteiger partial charge in [0.1, 0.15) is 11.2 Å². The van der Waals surface area contributed by atoms with Crippen LogP contribution in [0.2, 0.25) is 0 Å². The van der Waals surface area contributed by atoms with Crippen molar-refractivity contribution in [1.29, 1.82) is 0 Å². The summed E-state index contributed by atoms with van der Waals surface area (Å²) < 4.78 is 9.00. The molecule has 3 heterocycles. The van der Waals surface area contributed by atoms with Gasteiger partial charge in [0.15, 0.2) is 17.5 Å². The highest BCUT2D eigenvalue weighted by Crippen LogP contribution is 2.58. The third-order valence-corrected chi connectivity index (χ3v) is 12.0. The van der Waals surface area contributed by atoms with E-state index in [-0.39, 0.29) is 0 Å². The Bertz CT molecular complexity index is 3380. The summed E-state index contributed by atoms with van der Waals surface area (Å²) in [5.74, 6) is 1.93. The summed E-state index contributed by atoms with van der Waals surface area (Å²) in [5, 5.41) is 7.09. The number of hydrogen-bond acceptors (Lipinski definition) is 4. The zero-order valence-electron chi connectivity index (χ0n) is 31.4. The molecular formula is C52H34N4O. The van der Waals surface area contributed by atoms with Crippen LogP contribution in [-0.4, -0.2) is 19.5 Å². The minimum absolute atomic E-state index is 0.403. The van der Waals surface area contributed by atoms with Gasteiger partial charge in [-0.3, -0.25) is 0 Å². The molecule has 5 nitrogen and oxygen atoms in total. The molecule has 0 fully saturated rings. The Balaban J connectivity index is 1.07. The van der Waals surface area contributed by atoms with E-state index in [0.29, 0.717) is 17.5 Å². The number of aromatic nitrogens is 4. The summed E-state index contributed by atoms with van der Waals surface area (Å²) in [4.78, 5) is 15.7. The van der Waals surface area contributed by atoms with E-state index in [2.05, 4.69) is 164 Å². The first-order chi connectivity index (χ1) is 28.0. The normalized spacial score (nSPS) is 13.2. The molecule has 0 radical (unpaired) electrons. The molecule has 1 aliphatic rings. The van der Waals surface area contributed by atoms with Crippen LogP contribution < -0.4 is 0 Å². The quantitative estimate of drug-likeness (QED) is 0.181. The van der Waals surface area contributed by atoms with E-state index in [1.807, 2.05) is 24.3 Å². The molecule has 0 saturated carbocycles. The Morgan fingerprint density at radius 2 is 0.982 bits per heavy atom. The molecule has 1 aliphatic carbocycles. The molecule has 11 aromatic rings. The maximum Gasteiger partial charge on any atom is 0.164 e. The van der Waals surface area contributed by atoms with Crippen LogP contribution in [0.1, 0.15) is 25.0 Å². The molecule has 0 aliphatic heterocycles. The largest absolute Gasteiger partial charge is 0.455 e. The SMILES string of the molecule is CC1(C)c2c(-c3nc(-c4ccccc4)nc(-c4ccc(-n5c6ccccc6c6ccccc65)cc4)n3)cccc2-c2c1c1c3ccccc3oc1c1ccccc21. The molecule has 0 saturated heterocycles. The average Bonchev–Trinajstić information content (AvgIpc) is 3.90. The minimum atomic E-state index is -0.403. The van der Waals surface area contributed by atoms with Crippen molar-refractivity contribution >= 4 is 54.5 Å². The van der Waals surface area contributed by atoms with E-state index in [0.717, 1.165) is 44.3 Å². The molecule has 0 amide bonds. The molecule has 0 unspecified atom stereocenters. The van der Waals surface area contributed by atoms with E-state index in [4.69, 9.17) is 19.4 Å². The topological polar surface area (TPSA) is 56.7 Å². The summed E-state index contributed by atoms with van der Waals surface area (Å²) in [6.45, 7) is 4.68. The predicted octanol–water partition coefficient (Wildman–Crippen LogP) is 13.3. The fourth-order valence-corrected chi connectivity index (χ4v) is 9.59. The highest BCUT2D eigenvalue weighted by Gasteiger charge is 2.42. The van der Waals surface area contributed by atoms with Gasteiger partial charge in [0, 0.05) is 54.7 Å². The number of nitrogens with zero attached hydrogens (tertiary/aromatic N) is 4. The second-order valence-electron chi connectivity index (χ2n) is 15.5. The van der Waals surface area contributed by atoms with Crippen LogP contribution >= 0.6 is 0 Å². The molecule has 57 heavy (non-hydrogen) atoms. The van der Waals surface area contributed by atoms with Crippen molar-refractivity contribution in [3.8, 4) is 51.0 Å². The number of rotatable bonds is 4. The van der Waals surface area contributed by atoms with Crippen molar-refractivity contribution < 1.29 is 4.42 Å². The smallest absolute Gasteiger partial charge is 0.164 e. The maximum atomic E-state index is 6.67. The Labute approximate surface area is 328 Å². The molecule has 12 rings (SSSR count). The lowest BCUT2D eigenvalue weighted by molar-refractivity contribution is 0.660. The third-order valence-electron chi connectivity index (χ3n) is 12.0. The van der Waals surface area contributed by atoms with Crippen molar-refractivity contribution in [3.05, 3.63) is 181 Å². The predicted molar refractivity (Wildman–Crippen MR) is 233 cm³/mol. The van der Waals surface area contributed by atoms with Crippen molar-refractivity contribution in [2.45, 2.75) is 19.3 Å². The van der Waals surface area contributed by atoms with E-state index >= 15 is 0 Å². The van der Waals surface area contributed by atoms with Gasteiger partial charge in [0.2, 0.25) is 0 Å². The molecule has 0 bridgehead atoms. The lowest BCUT2D eigenvalue weighted by atomic mass is 9.78. The second-order valence-corrected chi connectivity index (χ2v) is 15.5. The van der Waals surface area contributed by atoms with Gasteiger partial charge in [-0.15, -0.1) is 0 Å². The van der Waals surface area contributed by atoms with Gasteiger partial charge in [-0.25, -0.2) is 15.0 Å². The minimum Gasteiger partial charge on any atom is -0.455 e. The summed E-state index contributed by atoms with van der Waals surface area (Å²) >= 11 is 0. The van der Waals surface area contributed by atoms with Crippen LogP contribution in [0.3, 0.4) is 0 Å². The zero-order chi connectivity index (χ0) is 37.8. The van der Waals surface area contributed by atoms with Crippen LogP contribution in [-0.2, 0) is 5.41 Å². The van der Waals surface area contributed by atoms with Gasteiger partial charge in [-0.1, -0.05) is 141 Å². The van der Waals surface area contributed by atoms with Crippen molar-refractivity contribution in [1.82, 2.24) is 19.5 Å². The highest BCUT2D eigenvalue weighted by molar-refractivity contribution is 6.23. The molecule has 268 valence electrons. The van der Waals surface area contributed by atoms with Crippen molar-refractivity contribution in [2.75, 3.05) is 0 Å². The third kappa shape index (κ3) is 4.54. The Kier molecular flexibility index (Phi) is 6.62. The molecule has 0 atom stereocenters. The van der Waals surface area contributed by atoms with Crippen LogP contribution in [0.25, 0.3) is 105 Å². The van der Waals surface area contributed by atoms with E-state index in [9.17, 15) is 0 Å². The van der Waals surface area contributed by atoms with Crippen LogP contribution in [0, 0.1) is 0 Å². The number of hydrogen-bond donors (Lipinski definition) is 0. The summed E-state index contributed by atoms with van der Waals surface area (Å²) in [6, 6.07) is 59.7. The van der Waals surface area contributed by atoms with Gasteiger partial charge in [-0.2, -0.15) is 0 Å². The monoisotopic (exact) mass is 730 g/mol. The van der Waals surface area contributed by atoms with E-state index < -0.39 is 5.41 Å². The van der Waals surface area contributed by atoms with Crippen molar-refractivity contribution in [2.24, 2.45) is 0 Å². The van der Waals surface area contributed by atoms with Gasteiger partial charge in [-0.05, 0) is 70.1 Å². The Morgan fingerprint density at radius 3 is 1.68 bits per heavy atom. The standard InChI is InChI=1S/C52H34N4O/c1-52(2)46-39(44-36-19-6-7-20-37(36)48-45(47(44)52)38-21-10-13-26-43(38)57-48)22-14-23-40(46)51-54-49(31-15-4-3-5-16-31)53-50(55-51)32-27-29-33(30-28-32)56-41-24-11-8-17-34(41)35-18-9-12-25-42(35)56/h3-30H,1-2H3. The first-order valence-electron chi connectivity index (χ1n) is 19.5. The molecule has 8 aromatic carbocycles. The number of furan rings is 1. The second kappa shape index (κ2) is 11.8. The molecule has 3 aromatic heterocycles. The molecule has 0 spiro atoms. The van der Waals surface area contributed by atoms with Crippen LogP contribution in [0.5, 0.6) is 0 Å². The van der Waals surface area contributed by atoms with Crippen LogP contribution in [0.4, 0.5) is 0 Å². The van der Waals surface area contributed by atoms with E-state index in [1.165, 1.54) is 54.8 Å². The number of para-hydroxylation sites is 3. The molecule has 0 N–H and O–H groups in total. The number of benzene rings is 8. The van der Waals surface area contributed by atoms with Gasteiger partial charge in [0.05, 0.1) is 11.0 Å². The zero-order valence-corrected chi connectivity index (χ0v) is 31.4. The van der Waals surface area contributed by atoms with Gasteiger partial charge < -0.3 is 8.98 Å². The van der Waals surface area contributed by atoms with Gasteiger partial charge >= 0.3 is 0 Å². The Morgan fingerprint density at radius 1 is 0.439 bits per heavy atom. The molecular weight excluding hydrogens is 697 g/mol. The van der Waals surface area contributed by atoms with E-state index in [1.54, 1.807) is 0 Å². The van der Waals surface area contributed by atoms with Crippen molar-refractivity contribution in [3.63, 3.8) is 0 Å². The fraction of sp³-hybridized carbons (Fsp3) is 0.0577. The Hall–Kier alpha value is -7.37. The lowest BCUT2D eigenvalue weighted by Crippen LogP contribution is -2.17. The lowest BCUT2D eigenvalue weighted by Gasteiger charge is -2.25. The summed E-state index contributed by atoms with van der Waals surface area (Å²) in [6.07, 6.45) is 0. The van der Waals surface area contributed by atoms with Gasteiger partial charge in [0.25, 0.3) is 0 Å². The first kappa shape index (κ1) is 31.9.